The van der Waals surface area contributed by atoms with E-state index in [0.717, 1.165) is 44.1 Å². The third-order valence-electron chi connectivity index (χ3n) is 6.89. The smallest absolute Gasteiger partial charge is 0.331 e. The molecule has 4 bridgehead atoms. The summed E-state index contributed by atoms with van der Waals surface area (Å²) in [5.74, 6) is -0.945. The zero-order valence-electron chi connectivity index (χ0n) is 14.9. The predicted octanol–water partition coefficient (Wildman–Crippen LogP) is 3.95. The highest BCUT2D eigenvalue weighted by Gasteiger charge is 2.68. The average Bonchev–Trinajstić information content (AvgIpc) is 2.40. The molecular weight excluding hydrogens is 292 g/mol. The van der Waals surface area contributed by atoms with Gasteiger partial charge in [-0.2, -0.15) is 0 Å². The molecule has 4 heteroatoms. The maximum absolute atomic E-state index is 12.7. The van der Waals surface area contributed by atoms with E-state index < -0.39 is 11.4 Å². The van der Waals surface area contributed by atoms with Crippen LogP contribution in [0.15, 0.2) is 11.1 Å². The Balaban J connectivity index is 2.15. The molecule has 0 spiro atoms. The van der Waals surface area contributed by atoms with Gasteiger partial charge >= 0.3 is 11.9 Å². The van der Waals surface area contributed by atoms with E-state index in [9.17, 15) is 14.7 Å². The summed E-state index contributed by atoms with van der Waals surface area (Å²) in [5.41, 5.74) is 0.992. The number of carboxylic acids is 1. The lowest BCUT2D eigenvalue weighted by Crippen LogP contribution is -2.62. The normalized spacial score (nSPS) is 45.6. The van der Waals surface area contributed by atoms with Crippen LogP contribution in [0.1, 0.15) is 66.2 Å². The van der Waals surface area contributed by atoms with E-state index in [2.05, 4.69) is 13.8 Å². The predicted molar refractivity (Wildman–Crippen MR) is 86.8 cm³/mol. The largest absolute Gasteiger partial charge is 0.478 e. The molecule has 0 amide bonds. The quantitative estimate of drug-likeness (QED) is 0.632. The summed E-state index contributed by atoms with van der Waals surface area (Å²) in [6.45, 7) is 8.22. The topological polar surface area (TPSA) is 63.6 Å². The van der Waals surface area contributed by atoms with Crippen molar-refractivity contribution in [1.82, 2.24) is 0 Å². The Hall–Kier alpha value is -1.32. The first kappa shape index (κ1) is 16.5. The van der Waals surface area contributed by atoms with Crippen LogP contribution in [0.25, 0.3) is 0 Å². The fourth-order valence-corrected chi connectivity index (χ4v) is 7.08. The van der Waals surface area contributed by atoms with E-state index in [1.165, 1.54) is 7.11 Å². The number of hydrogen-bond donors (Lipinski definition) is 1. The first-order valence-corrected chi connectivity index (χ1v) is 8.49. The van der Waals surface area contributed by atoms with Crippen molar-refractivity contribution < 1.29 is 19.4 Å². The highest BCUT2D eigenvalue weighted by atomic mass is 16.5. The van der Waals surface area contributed by atoms with Crippen molar-refractivity contribution >= 4 is 11.9 Å². The van der Waals surface area contributed by atoms with Crippen LogP contribution < -0.4 is 0 Å². The number of ether oxygens (including phenoxy) is 1. The Morgan fingerprint density at radius 2 is 1.35 bits per heavy atom. The summed E-state index contributed by atoms with van der Waals surface area (Å²) in [5, 5.41) is 9.45. The van der Waals surface area contributed by atoms with E-state index in [1.807, 2.05) is 6.92 Å². The number of hydrogen-bond acceptors (Lipinski definition) is 3. The second kappa shape index (κ2) is 4.61. The summed E-state index contributed by atoms with van der Waals surface area (Å²) in [6.07, 6.45) is 5.61. The second-order valence-electron chi connectivity index (χ2n) is 9.29. The Kier molecular flexibility index (Phi) is 3.31. The molecule has 4 saturated carbocycles. The van der Waals surface area contributed by atoms with Crippen LogP contribution in [-0.4, -0.2) is 24.2 Å². The molecule has 0 radical (unpaired) electrons. The van der Waals surface area contributed by atoms with Gasteiger partial charge in [-0.1, -0.05) is 19.4 Å². The van der Waals surface area contributed by atoms with Crippen molar-refractivity contribution in [2.75, 3.05) is 7.11 Å². The highest BCUT2D eigenvalue weighted by Crippen LogP contribution is 2.75. The maximum Gasteiger partial charge on any atom is 0.331 e. The van der Waals surface area contributed by atoms with Gasteiger partial charge in [0.1, 0.15) is 0 Å². The number of allylic oxidation sites excluding steroid dienone is 1. The van der Waals surface area contributed by atoms with E-state index in [4.69, 9.17) is 4.74 Å². The lowest BCUT2D eigenvalue weighted by molar-refractivity contribution is -0.202. The molecule has 0 aromatic rings. The molecule has 0 aromatic heterocycles. The van der Waals surface area contributed by atoms with Gasteiger partial charge in [-0.05, 0) is 68.6 Å². The van der Waals surface area contributed by atoms with Gasteiger partial charge in [0.2, 0.25) is 0 Å². The summed E-state index contributed by atoms with van der Waals surface area (Å²) < 4.78 is 5.19. The van der Waals surface area contributed by atoms with Crippen LogP contribution in [0.2, 0.25) is 0 Å². The Labute approximate surface area is 138 Å². The van der Waals surface area contributed by atoms with Crippen molar-refractivity contribution in [2.24, 2.45) is 21.7 Å². The Bertz CT molecular complexity index is 597. The van der Waals surface area contributed by atoms with Gasteiger partial charge in [-0.15, -0.1) is 0 Å². The van der Waals surface area contributed by atoms with Gasteiger partial charge in [0.15, 0.2) is 0 Å². The minimum atomic E-state index is -0.847. The van der Waals surface area contributed by atoms with Crippen LogP contribution in [0.3, 0.4) is 0 Å². The number of carbonyl (C=O) groups excluding carboxylic acids is 1. The zero-order chi connectivity index (χ0) is 17.3. The maximum atomic E-state index is 12.7. The van der Waals surface area contributed by atoms with E-state index in [0.29, 0.717) is 5.57 Å². The molecule has 4 aliphatic carbocycles. The molecule has 2 unspecified atom stereocenters. The third kappa shape index (κ3) is 2.25. The number of rotatable bonds is 3. The highest BCUT2D eigenvalue weighted by molar-refractivity contribution is 5.87. The van der Waals surface area contributed by atoms with Gasteiger partial charge in [-0.25, -0.2) is 4.79 Å². The van der Waals surface area contributed by atoms with Gasteiger partial charge in [0.05, 0.1) is 12.5 Å². The molecule has 2 atom stereocenters. The minimum Gasteiger partial charge on any atom is -0.478 e. The third-order valence-corrected chi connectivity index (χ3v) is 6.89. The average molecular weight is 320 g/mol. The SMILES string of the molecule is COC(=O)C12CC3(C)CC(C)(C1)CC(C(C)=C(C)C(=O)O)(C3)C2. The van der Waals surface area contributed by atoms with Crippen molar-refractivity contribution in [2.45, 2.75) is 66.2 Å². The van der Waals surface area contributed by atoms with E-state index in [-0.39, 0.29) is 22.2 Å². The fraction of sp³-hybridized carbons (Fsp3) is 0.789. The van der Waals surface area contributed by atoms with Gasteiger partial charge < -0.3 is 9.84 Å². The van der Waals surface area contributed by atoms with Gasteiger partial charge in [-0.3, -0.25) is 4.79 Å². The number of esters is 1. The van der Waals surface area contributed by atoms with Crippen LogP contribution in [0.5, 0.6) is 0 Å². The molecule has 4 rings (SSSR count). The van der Waals surface area contributed by atoms with Crippen LogP contribution in [0.4, 0.5) is 0 Å². The standard InChI is InChI=1S/C19H28O4/c1-12(14(20)21)13(2)18-7-16(3)6-17(4,8-18)10-19(9-16,11-18)15(22)23-5/h6-11H2,1-5H3,(H,20,21). The molecule has 4 aliphatic rings. The molecular formula is C19H28O4. The molecule has 0 aromatic carbocycles. The second-order valence-corrected chi connectivity index (χ2v) is 9.29. The monoisotopic (exact) mass is 320 g/mol. The first-order chi connectivity index (χ1) is 10.5. The lowest BCUT2D eigenvalue weighted by Gasteiger charge is -2.69. The number of carbonyl (C=O) groups is 2. The summed E-state index contributed by atoms with van der Waals surface area (Å²) >= 11 is 0. The van der Waals surface area contributed by atoms with Gasteiger partial charge in [0, 0.05) is 5.57 Å². The summed E-state index contributed by atoms with van der Waals surface area (Å²) in [6, 6.07) is 0. The minimum absolute atomic E-state index is 0.0950. The first-order valence-electron chi connectivity index (χ1n) is 8.49. The van der Waals surface area contributed by atoms with Crippen molar-refractivity contribution in [3.63, 3.8) is 0 Å². The zero-order valence-corrected chi connectivity index (χ0v) is 14.9. The Morgan fingerprint density at radius 3 is 1.78 bits per heavy atom. The molecule has 23 heavy (non-hydrogen) atoms. The van der Waals surface area contributed by atoms with Crippen molar-refractivity contribution in [1.29, 1.82) is 0 Å². The molecule has 0 saturated heterocycles. The molecule has 0 aliphatic heterocycles. The summed E-state index contributed by atoms with van der Waals surface area (Å²) in [7, 11) is 1.48. The van der Waals surface area contributed by atoms with Crippen LogP contribution in [-0.2, 0) is 14.3 Å². The lowest BCUT2D eigenvalue weighted by atomic mass is 9.35. The van der Waals surface area contributed by atoms with E-state index >= 15 is 0 Å². The van der Waals surface area contributed by atoms with E-state index in [1.54, 1.807) is 6.92 Å². The van der Waals surface area contributed by atoms with Crippen LogP contribution >= 0.6 is 0 Å². The molecule has 1 N–H and O–H groups in total. The molecule has 128 valence electrons. The van der Waals surface area contributed by atoms with Crippen molar-refractivity contribution in [3.8, 4) is 0 Å². The number of aliphatic carboxylic acids is 1. The number of methoxy groups -OCH3 is 1. The Morgan fingerprint density at radius 1 is 0.870 bits per heavy atom. The molecule has 4 nitrogen and oxygen atoms in total. The fourth-order valence-electron chi connectivity index (χ4n) is 7.08. The number of carboxylic acid groups (broad SMARTS) is 1. The molecule has 0 heterocycles. The summed E-state index contributed by atoms with van der Waals surface area (Å²) in [4.78, 5) is 24.2. The van der Waals surface area contributed by atoms with Crippen molar-refractivity contribution in [3.05, 3.63) is 11.1 Å². The van der Waals surface area contributed by atoms with Crippen LogP contribution in [0, 0.1) is 21.7 Å². The molecule has 4 fully saturated rings. The van der Waals surface area contributed by atoms with Gasteiger partial charge in [0.25, 0.3) is 0 Å².